The topological polar surface area (TPSA) is 53.5 Å². The van der Waals surface area contributed by atoms with Crippen molar-refractivity contribution in [3.05, 3.63) is 41.9 Å². The molecule has 0 N–H and O–H groups in total. The third-order valence-corrected chi connectivity index (χ3v) is 3.87. The molecule has 3 heterocycles. The monoisotopic (exact) mass is 257 g/mol. The van der Waals surface area contributed by atoms with Crippen LogP contribution in [0.1, 0.15) is 28.9 Å². The minimum atomic E-state index is -0.391. The van der Waals surface area contributed by atoms with Gasteiger partial charge >= 0.3 is 0 Å². The van der Waals surface area contributed by atoms with E-state index in [1.165, 1.54) is 0 Å². The summed E-state index contributed by atoms with van der Waals surface area (Å²) in [6.07, 6.45) is 3.05. The number of rotatable bonds is 1. The van der Waals surface area contributed by atoms with E-state index in [1.807, 2.05) is 0 Å². The van der Waals surface area contributed by atoms with Gasteiger partial charge < -0.3 is 9.80 Å². The fourth-order valence-electron chi connectivity index (χ4n) is 2.66. The van der Waals surface area contributed by atoms with Crippen LogP contribution in [0.5, 0.6) is 0 Å². The van der Waals surface area contributed by atoms with Crippen molar-refractivity contribution < 1.29 is 9.59 Å². The minimum absolute atomic E-state index is 0.0580. The van der Waals surface area contributed by atoms with E-state index in [0.29, 0.717) is 18.5 Å². The molecule has 2 amide bonds. The molecule has 0 aliphatic carbocycles. The van der Waals surface area contributed by atoms with Crippen LogP contribution in [0, 0.1) is 0 Å². The van der Waals surface area contributed by atoms with E-state index in [2.05, 4.69) is 11.6 Å². The average Bonchev–Trinajstić information content (AvgIpc) is 2.74. The Morgan fingerprint density at radius 3 is 2.95 bits per heavy atom. The molecule has 1 atom stereocenters. The van der Waals surface area contributed by atoms with E-state index in [4.69, 9.17) is 0 Å². The maximum absolute atomic E-state index is 12.3. The zero-order valence-electron chi connectivity index (χ0n) is 10.8. The number of hydrogen-bond donors (Lipinski definition) is 0. The van der Waals surface area contributed by atoms with Crippen molar-refractivity contribution in [2.75, 3.05) is 7.05 Å². The molecule has 2 aliphatic heterocycles. The number of amides is 2. The Hall–Kier alpha value is -2.17. The second-order valence-electron chi connectivity index (χ2n) is 4.95. The van der Waals surface area contributed by atoms with Crippen molar-refractivity contribution in [2.45, 2.75) is 25.4 Å². The fourth-order valence-corrected chi connectivity index (χ4v) is 2.66. The summed E-state index contributed by atoms with van der Waals surface area (Å²) < 4.78 is 0. The normalized spacial score (nSPS) is 23.0. The van der Waals surface area contributed by atoms with Gasteiger partial charge in [0.25, 0.3) is 5.91 Å². The zero-order chi connectivity index (χ0) is 13.6. The number of fused-ring (bicyclic) bond motifs is 1. The maximum Gasteiger partial charge on any atom is 0.256 e. The molecular weight excluding hydrogens is 242 g/mol. The molecule has 1 unspecified atom stereocenters. The van der Waals surface area contributed by atoms with Crippen LogP contribution >= 0.6 is 0 Å². The van der Waals surface area contributed by atoms with E-state index < -0.39 is 6.04 Å². The molecule has 0 spiro atoms. The van der Waals surface area contributed by atoms with Gasteiger partial charge in [-0.3, -0.25) is 14.6 Å². The molecule has 98 valence electrons. The highest BCUT2D eigenvalue weighted by Crippen LogP contribution is 2.29. The highest BCUT2D eigenvalue weighted by atomic mass is 16.2. The smallest absolute Gasteiger partial charge is 0.256 e. The largest absolute Gasteiger partial charge is 0.321 e. The van der Waals surface area contributed by atoms with Gasteiger partial charge in [-0.2, -0.15) is 0 Å². The minimum Gasteiger partial charge on any atom is -0.321 e. The fraction of sp³-hybridized carbons (Fsp3) is 0.357. The molecule has 1 aromatic rings. The van der Waals surface area contributed by atoms with Crippen molar-refractivity contribution in [3.8, 4) is 0 Å². The van der Waals surface area contributed by atoms with Crippen LogP contribution < -0.4 is 0 Å². The third kappa shape index (κ3) is 1.73. The number of likely N-dealkylation sites (tertiary alicyclic amines) is 1. The van der Waals surface area contributed by atoms with Crippen LogP contribution in [-0.4, -0.2) is 39.7 Å². The third-order valence-electron chi connectivity index (χ3n) is 3.87. The maximum atomic E-state index is 12.3. The molecular formula is C14H15N3O2. The molecule has 19 heavy (non-hydrogen) atoms. The molecule has 0 bridgehead atoms. The lowest BCUT2D eigenvalue weighted by molar-refractivity contribution is -0.135. The molecule has 1 aromatic heterocycles. The van der Waals surface area contributed by atoms with Crippen LogP contribution in [-0.2, 0) is 11.3 Å². The summed E-state index contributed by atoms with van der Waals surface area (Å²) >= 11 is 0. The number of aromatic nitrogens is 1. The number of hydrogen-bond acceptors (Lipinski definition) is 3. The van der Waals surface area contributed by atoms with Gasteiger partial charge in [0, 0.05) is 18.9 Å². The van der Waals surface area contributed by atoms with E-state index in [0.717, 1.165) is 17.8 Å². The summed E-state index contributed by atoms with van der Waals surface area (Å²) in [6.45, 7) is 4.28. The quantitative estimate of drug-likeness (QED) is 0.759. The Morgan fingerprint density at radius 2 is 2.21 bits per heavy atom. The first-order valence-corrected chi connectivity index (χ1v) is 6.30. The number of carbonyl (C=O) groups is 2. The van der Waals surface area contributed by atoms with Crippen molar-refractivity contribution in [3.63, 3.8) is 0 Å². The number of carbonyl (C=O) groups excluding carboxylic acids is 2. The van der Waals surface area contributed by atoms with E-state index in [9.17, 15) is 9.59 Å². The van der Waals surface area contributed by atoms with Crippen LogP contribution in [0.15, 0.2) is 30.6 Å². The van der Waals surface area contributed by atoms with Gasteiger partial charge in [-0.25, -0.2) is 0 Å². The van der Waals surface area contributed by atoms with Crippen LogP contribution in [0.2, 0.25) is 0 Å². The van der Waals surface area contributed by atoms with Gasteiger partial charge in [0.05, 0.1) is 17.8 Å². The molecule has 2 aliphatic rings. The Bertz CT molecular complexity index is 582. The lowest BCUT2D eigenvalue weighted by Crippen LogP contribution is -2.50. The number of nitrogens with zero attached hydrogens (tertiary/aromatic N) is 3. The molecule has 0 aromatic carbocycles. The summed E-state index contributed by atoms with van der Waals surface area (Å²) in [5, 5.41) is 0. The predicted octanol–water partition coefficient (Wildman–Crippen LogP) is 1.17. The molecule has 5 nitrogen and oxygen atoms in total. The van der Waals surface area contributed by atoms with Gasteiger partial charge in [-0.1, -0.05) is 6.58 Å². The van der Waals surface area contributed by atoms with Crippen molar-refractivity contribution in [2.24, 2.45) is 0 Å². The molecule has 5 heteroatoms. The lowest BCUT2D eigenvalue weighted by Gasteiger charge is -2.35. The van der Waals surface area contributed by atoms with E-state index >= 15 is 0 Å². The Balaban J connectivity index is 1.88. The van der Waals surface area contributed by atoms with Gasteiger partial charge in [0.2, 0.25) is 5.91 Å². The number of piperidine rings is 1. The van der Waals surface area contributed by atoms with Gasteiger partial charge in [-0.15, -0.1) is 0 Å². The highest BCUT2D eigenvalue weighted by molar-refractivity contribution is 6.00. The van der Waals surface area contributed by atoms with E-state index in [1.54, 1.807) is 35.2 Å². The van der Waals surface area contributed by atoms with Crippen LogP contribution in [0.4, 0.5) is 0 Å². The van der Waals surface area contributed by atoms with Crippen molar-refractivity contribution in [1.82, 2.24) is 14.8 Å². The van der Waals surface area contributed by atoms with Crippen LogP contribution in [0.25, 0.3) is 0 Å². The summed E-state index contributed by atoms with van der Waals surface area (Å²) in [6, 6.07) is 3.12. The molecule has 0 saturated carbocycles. The van der Waals surface area contributed by atoms with Crippen LogP contribution in [0.3, 0.4) is 0 Å². The first-order chi connectivity index (χ1) is 9.09. The van der Waals surface area contributed by atoms with Gasteiger partial charge in [0.15, 0.2) is 0 Å². The average molecular weight is 257 g/mol. The molecule has 0 radical (unpaired) electrons. The summed E-state index contributed by atoms with van der Waals surface area (Å²) in [4.78, 5) is 32.0. The highest BCUT2D eigenvalue weighted by Gasteiger charge is 2.40. The number of pyridine rings is 1. The van der Waals surface area contributed by atoms with Gasteiger partial charge in [-0.05, 0) is 25.0 Å². The SMILES string of the molecule is C=C1CCC(N2Cc3ncccc3C2=O)C(=O)N1C. The molecule has 3 rings (SSSR count). The lowest BCUT2D eigenvalue weighted by atomic mass is 10.0. The molecule has 1 saturated heterocycles. The van der Waals surface area contributed by atoms with Crippen molar-refractivity contribution >= 4 is 11.8 Å². The number of likely N-dealkylation sites (N-methyl/N-ethyl adjacent to an activating group) is 1. The Morgan fingerprint density at radius 1 is 1.42 bits per heavy atom. The first kappa shape index (κ1) is 11.9. The predicted molar refractivity (Wildman–Crippen MR) is 69.0 cm³/mol. The summed E-state index contributed by atoms with van der Waals surface area (Å²) in [5.41, 5.74) is 2.18. The first-order valence-electron chi connectivity index (χ1n) is 6.30. The second kappa shape index (κ2) is 4.19. The second-order valence-corrected chi connectivity index (χ2v) is 4.95. The van der Waals surface area contributed by atoms with Crippen molar-refractivity contribution in [1.29, 1.82) is 0 Å². The summed E-state index contributed by atoms with van der Waals surface area (Å²) in [7, 11) is 1.71. The zero-order valence-corrected chi connectivity index (χ0v) is 10.8. The van der Waals surface area contributed by atoms with Gasteiger partial charge in [0.1, 0.15) is 6.04 Å². The summed E-state index contributed by atoms with van der Waals surface area (Å²) in [5.74, 6) is -0.153. The standard InChI is InChI=1S/C14H15N3O2/c1-9-5-6-12(14(19)16(9)2)17-8-11-10(13(17)18)4-3-7-15-11/h3-4,7,12H,1,5-6,8H2,2H3. The number of allylic oxidation sites excluding steroid dienone is 1. The molecule has 1 fully saturated rings. The van der Waals surface area contributed by atoms with E-state index in [-0.39, 0.29) is 11.8 Å². The Kier molecular flexibility index (Phi) is 2.62. The Labute approximate surface area is 111 Å².